The summed E-state index contributed by atoms with van der Waals surface area (Å²) in [5, 5.41) is 0. The molecule has 172 valence electrons. The zero-order chi connectivity index (χ0) is 24.5. The predicted octanol–water partition coefficient (Wildman–Crippen LogP) is 7.40. The van der Waals surface area contributed by atoms with Gasteiger partial charge in [-0.15, -0.1) is 0 Å². The average Bonchev–Trinajstić information content (AvgIpc) is 3.28. The second-order valence-electron chi connectivity index (χ2n) is 8.61. The summed E-state index contributed by atoms with van der Waals surface area (Å²) in [5.41, 5.74) is 6.81. The Morgan fingerprint density at radius 1 is 0.743 bits per heavy atom. The fraction of sp³-hybridized carbons (Fsp3) is 0.100. The van der Waals surface area contributed by atoms with E-state index >= 15 is 0 Å². The highest BCUT2D eigenvalue weighted by atomic mass is 16.5. The molecule has 0 saturated carbocycles. The number of benzene rings is 4. The first-order valence-electron chi connectivity index (χ1n) is 11.4. The number of aryl methyl sites for hydroxylation is 1. The van der Waals surface area contributed by atoms with E-state index in [-0.39, 0.29) is 11.6 Å². The number of para-hydroxylation sites is 1. The van der Waals surface area contributed by atoms with Crippen molar-refractivity contribution in [3.05, 3.63) is 102 Å². The third-order valence-corrected chi connectivity index (χ3v) is 5.95. The van der Waals surface area contributed by atoms with Crippen molar-refractivity contribution in [1.29, 1.82) is 0 Å². The molecule has 5 nitrogen and oxygen atoms in total. The number of aromatic nitrogens is 2. The number of ketones is 2. The molecular formula is C30H24N2O3. The molecule has 0 radical (unpaired) electrons. The fourth-order valence-electron chi connectivity index (χ4n) is 4.18. The van der Waals surface area contributed by atoms with Crippen molar-refractivity contribution in [2.24, 2.45) is 0 Å². The summed E-state index contributed by atoms with van der Waals surface area (Å²) < 4.78 is 5.95. The van der Waals surface area contributed by atoms with E-state index in [0.717, 1.165) is 33.6 Å². The number of carbonyl (C=O) groups is 2. The van der Waals surface area contributed by atoms with Crippen molar-refractivity contribution >= 4 is 22.6 Å². The van der Waals surface area contributed by atoms with E-state index in [1.807, 2.05) is 79.7 Å². The van der Waals surface area contributed by atoms with Gasteiger partial charge in [0.1, 0.15) is 17.3 Å². The van der Waals surface area contributed by atoms with Gasteiger partial charge in [-0.25, -0.2) is 4.98 Å². The van der Waals surface area contributed by atoms with Crippen LogP contribution >= 0.6 is 0 Å². The van der Waals surface area contributed by atoms with Gasteiger partial charge in [-0.3, -0.25) is 9.59 Å². The first-order chi connectivity index (χ1) is 16.9. The molecule has 0 amide bonds. The minimum absolute atomic E-state index is 0.00399. The van der Waals surface area contributed by atoms with Crippen LogP contribution in [0.5, 0.6) is 11.5 Å². The number of imidazole rings is 1. The van der Waals surface area contributed by atoms with Crippen LogP contribution in [0.4, 0.5) is 0 Å². The molecule has 0 bridgehead atoms. The summed E-state index contributed by atoms with van der Waals surface area (Å²) in [6, 6.07) is 27.0. The third kappa shape index (κ3) is 4.49. The Balaban J connectivity index is 1.38. The first kappa shape index (κ1) is 22.3. The van der Waals surface area contributed by atoms with Crippen molar-refractivity contribution in [3.8, 4) is 34.0 Å². The highest BCUT2D eigenvalue weighted by Crippen LogP contribution is 2.30. The van der Waals surface area contributed by atoms with Crippen molar-refractivity contribution < 1.29 is 14.3 Å². The van der Waals surface area contributed by atoms with Gasteiger partial charge >= 0.3 is 0 Å². The number of nitrogens with zero attached hydrogens (tertiary/aromatic N) is 1. The van der Waals surface area contributed by atoms with Gasteiger partial charge in [0.05, 0.1) is 16.6 Å². The molecule has 0 atom stereocenters. The van der Waals surface area contributed by atoms with E-state index in [9.17, 15) is 9.59 Å². The SMILES string of the molecule is CC(=O)c1ccccc1Oc1ccc(-c2ccc(-c3nc4c(C(C)=O)cc(C)cc4[nH]3)cc2)cc1. The standard InChI is InChI=1S/C30H24N2O3/c1-18-16-26(20(3)34)29-27(17-18)31-30(32-29)23-10-8-21(9-11-23)22-12-14-24(15-13-22)35-28-7-5-4-6-25(28)19(2)33/h4-17H,1-3H3,(H,31,32). The van der Waals surface area contributed by atoms with Crippen LogP contribution in [-0.2, 0) is 0 Å². The quantitative estimate of drug-likeness (QED) is 0.268. The second kappa shape index (κ2) is 9.03. The molecule has 35 heavy (non-hydrogen) atoms. The minimum atomic E-state index is -0.0329. The van der Waals surface area contributed by atoms with Crippen LogP contribution in [0.1, 0.15) is 40.1 Å². The Morgan fingerprint density at radius 3 is 2.00 bits per heavy atom. The number of rotatable bonds is 6. The molecule has 0 aliphatic carbocycles. The van der Waals surface area contributed by atoms with Crippen molar-refractivity contribution in [3.63, 3.8) is 0 Å². The highest BCUT2D eigenvalue weighted by Gasteiger charge is 2.13. The maximum absolute atomic E-state index is 12.1. The van der Waals surface area contributed by atoms with Crippen LogP contribution in [-0.4, -0.2) is 21.5 Å². The van der Waals surface area contributed by atoms with Crippen LogP contribution < -0.4 is 4.74 Å². The lowest BCUT2D eigenvalue weighted by atomic mass is 10.0. The number of carbonyl (C=O) groups excluding carboxylic acids is 2. The molecule has 4 aromatic carbocycles. The van der Waals surface area contributed by atoms with E-state index in [4.69, 9.17) is 9.72 Å². The molecule has 1 heterocycles. The maximum Gasteiger partial charge on any atom is 0.163 e. The lowest BCUT2D eigenvalue weighted by molar-refractivity contribution is 0.100. The molecule has 1 N–H and O–H groups in total. The van der Waals surface area contributed by atoms with Gasteiger partial charge in [-0.2, -0.15) is 0 Å². The van der Waals surface area contributed by atoms with Gasteiger partial charge in [-0.05, 0) is 73.9 Å². The number of aromatic amines is 1. The van der Waals surface area contributed by atoms with Gasteiger partial charge in [0, 0.05) is 11.1 Å². The van der Waals surface area contributed by atoms with E-state index in [1.54, 1.807) is 19.1 Å². The molecular weight excluding hydrogens is 436 g/mol. The van der Waals surface area contributed by atoms with Gasteiger partial charge in [0.25, 0.3) is 0 Å². The van der Waals surface area contributed by atoms with E-state index in [0.29, 0.717) is 28.1 Å². The predicted molar refractivity (Wildman–Crippen MR) is 138 cm³/mol. The summed E-state index contributed by atoms with van der Waals surface area (Å²) >= 11 is 0. The van der Waals surface area contributed by atoms with E-state index in [1.165, 1.54) is 6.92 Å². The molecule has 5 heteroatoms. The Labute approximate surface area is 203 Å². The zero-order valence-corrected chi connectivity index (χ0v) is 19.8. The number of H-pyrrole nitrogens is 1. The van der Waals surface area contributed by atoms with Gasteiger partial charge in [-0.1, -0.05) is 48.5 Å². The Kier molecular flexibility index (Phi) is 5.75. The number of fused-ring (bicyclic) bond motifs is 1. The van der Waals surface area contributed by atoms with Gasteiger partial charge in [0.2, 0.25) is 0 Å². The second-order valence-corrected chi connectivity index (χ2v) is 8.61. The van der Waals surface area contributed by atoms with E-state index in [2.05, 4.69) is 4.98 Å². The van der Waals surface area contributed by atoms with Crippen LogP contribution in [0, 0.1) is 6.92 Å². The molecule has 0 aliphatic rings. The lowest BCUT2D eigenvalue weighted by Crippen LogP contribution is -1.96. The lowest BCUT2D eigenvalue weighted by Gasteiger charge is -2.10. The fourth-order valence-corrected chi connectivity index (χ4v) is 4.18. The number of ether oxygens (including phenoxy) is 1. The summed E-state index contributed by atoms with van der Waals surface area (Å²) in [4.78, 5) is 31.9. The van der Waals surface area contributed by atoms with Crippen molar-refractivity contribution in [2.45, 2.75) is 20.8 Å². The highest BCUT2D eigenvalue weighted by molar-refractivity contribution is 6.05. The molecule has 5 aromatic rings. The Morgan fingerprint density at radius 2 is 1.34 bits per heavy atom. The summed E-state index contributed by atoms with van der Waals surface area (Å²) in [6.45, 7) is 5.07. The van der Waals surface area contributed by atoms with Gasteiger partial charge in [0.15, 0.2) is 11.6 Å². The topological polar surface area (TPSA) is 72.0 Å². The molecule has 1 aromatic heterocycles. The van der Waals surface area contributed by atoms with Crippen molar-refractivity contribution in [1.82, 2.24) is 9.97 Å². The monoisotopic (exact) mass is 460 g/mol. The zero-order valence-electron chi connectivity index (χ0n) is 19.8. The van der Waals surface area contributed by atoms with Crippen molar-refractivity contribution in [2.75, 3.05) is 0 Å². The number of Topliss-reactive ketones (excluding diaryl/α,β-unsaturated/α-hetero) is 2. The third-order valence-electron chi connectivity index (χ3n) is 5.95. The molecule has 0 unspecified atom stereocenters. The Bertz CT molecular complexity index is 1560. The summed E-state index contributed by atoms with van der Waals surface area (Å²) in [7, 11) is 0. The van der Waals surface area contributed by atoms with Crippen LogP contribution in [0.2, 0.25) is 0 Å². The minimum Gasteiger partial charge on any atom is -0.457 e. The molecule has 0 saturated heterocycles. The van der Waals surface area contributed by atoms with Gasteiger partial charge < -0.3 is 9.72 Å². The number of hydrogen-bond donors (Lipinski definition) is 1. The maximum atomic E-state index is 12.1. The van der Waals surface area contributed by atoms with Crippen LogP contribution in [0.3, 0.4) is 0 Å². The largest absolute Gasteiger partial charge is 0.457 e. The molecule has 0 fully saturated rings. The van der Waals surface area contributed by atoms with Crippen LogP contribution in [0.15, 0.2) is 84.9 Å². The smallest absolute Gasteiger partial charge is 0.163 e. The Hall–Kier alpha value is -4.51. The first-order valence-corrected chi connectivity index (χ1v) is 11.4. The number of nitrogens with one attached hydrogen (secondary N) is 1. The summed E-state index contributed by atoms with van der Waals surface area (Å²) in [5.74, 6) is 1.91. The van der Waals surface area contributed by atoms with Crippen LogP contribution in [0.25, 0.3) is 33.5 Å². The molecule has 0 spiro atoms. The molecule has 0 aliphatic heterocycles. The average molecular weight is 461 g/mol. The molecule has 5 rings (SSSR count). The summed E-state index contributed by atoms with van der Waals surface area (Å²) in [6.07, 6.45) is 0. The number of hydrogen-bond acceptors (Lipinski definition) is 4. The van der Waals surface area contributed by atoms with E-state index < -0.39 is 0 Å². The normalized spacial score (nSPS) is 10.9.